The highest BCUT2D eigenvalue weighted by molar-refractivity contribution is 7.89. The fraction of sp³-hybridized carbons (Fsp3) is 0.269. The highest BCUT2D eigenvalue weighted by Gasteiger charge is 2.35. The average Bonchev–Trinajstić information content (AvgIpc) is 2.89. The Hall–Kier alpha value is -3.07. The normalized spacial score (nSPS) is 16.5. The van der Waals surface area contributed by atoms with E-state index in [2.05, 4.69) is 5.32 Å². The Balaban J connectivity index is 1.38. The summed E-state index contributed by atoms with van der Waals surface area (Å²) in [5.74, 6) is 0.214. The standard InChI is InChI=1S/C26H27ClN2O5S/c1-33-24-14-9-21(27)16-25(24)35(31,32)29-15-5-8-20(17-29)26(30)28-22-10-12-23(13-11-22)34-18-19-6-3-2-4-7-19/h2-4,6-7,9-14,16,20H,5,8,15,17-18H2,1H3,(H,28,30)/t20-/m0/s1. The Morgan fingerprint density at radius 3 is 2.54 bits per heavy atom. The van der Waals surface area contributed by atoms with Crippen LogP contribution in [0.4, 0.5) is 5.69 Å². The summed E-state index contributed by atoms with van der Waals surface area (Å²) < 4.78 is 38.9. The second-order valence-electron chi connectivity index (χ2n) is 8.29. The third-order valence-electron chi connectivity index (χ3n) is 5.87. The van der Waals surface area contributed by atoms with Crippen molar-refractivity contribution in [2.75, 3.05) is 25.5 Å². The van der Waals surface area contributed by atoms with Crippen molar-refractivity contribution in [3.63, 3.8) is 0 Å². The Kier molecular flexibility index (Phi) is 7.95. The Morgan fingerprint density at radius 1 is 1.09 bits per heavy atom. The zero-order valence-corrected chi connectivity index (χ0v) is 20.9. The summed E-state index contributed by atoms with van der Waals surface area (Å²) in [4.78, 5) is 12.9. The summed E-state index contributed by atoms with van der Waals surface area (Å²) in [5, 5.41) is 3.19. The zero-order chi connectivity index (χ0) is 24.8. The summed E-state index contributed by atoms with van der Waals surface area (Å²) in [5.41, 5.74) is 1.69. The molecule has 0 radical (unpaired) electrons. The van der Waals surface area contributed by atoms with E-state index in [1.807, 2.05) is 30.3 Å². The van der Waals surface area contributed by atoms with Crippen LogP contribution in [0.3, 0.4) is 0 Å². The first-order valence-electron chi connectivity index (χ1n) is 11.3. The van der Waals surface area contributed by atoms with Gasteiger partial charge >= 0.3 is 0 Å². The number of nitrogens with one attached hydrogen (secondary N) is 1. The molecule has 1 aliphatic heterocycles. The molecule has 184 valence electrons. The molecule has 1 fully saturated rings. The lowest BCUT2D eigenvalue weighted by Gasteiger charge is -2.31. The topological polar surface area (TPSA) is 84.9 Å². The fourth-order valence-electron chi connectivity index (χ4n) is 3.99. The van der Waals surface area contributed by atoms with Crippen LogP contribution in [0.1, 0.15) is 18.4 Å². The third kappa shape index (κ3) is 6.14. The van der Waals surface area contributed by atoms with Gasteiger partial charge < -0.3 is 14.8 Å². The largest absolute Gasteiger partial charge is 0.495 e. The van der Waals surface area contributed by atoms with Crippen molar-refractivity contribution in [3.8, 4) is 11.5 Å². The van der Waals surface area contributed by atoms with Gasteiger partial charge in [-0.15, -0.1) is 0 Å². The molecule has 0 aliphatic carbocycles. The number of benzene rings is 3. The maximum absolute atomic E-state index is 13.3. The van der Waals surface area contributed by atoms with E-state index in [1.165, 1.54) is 23.5 Å². The van der Waals surface area contributed by atoms with E-state index in [-0.39, 0.29) is 23.1 Å². The minimum atomic E-state index is -3.87. The predicted octanol–water partition coefficient (Wildman–Crippen LogP) is 4.97. The maximum atomic E-state index is 13.3. The molecule has 3 aromatic rings. The van der Waals surface area contributed by atoms with Crippen molar-refractivity contribution >= 4 is 33.2 Å². The number of methoxy groups -OCH3 is 1. The molecule has 1 N–H and O–H groups in total. The zero-order valence-electron chi connectivity index (χ0n) is 19.3. The second-order valence-corrected chi connectivity index (χ2v) is 10.6. The van der Waals surface area contributed by atoms with E-state index in [0.717, 1.165) is 5.56 Å². The van der Waals surface area contributed by atoms with Gasteiger partial charge in [-0.2, -0.15) is 4.31 Å². The number of carbonyl (C=O) groups is 1. The van der Waals surface area contributed by atoms with Gasteiger partial charge in [0.05, 0.1) is 13.0 Å². The Morgan fingerprint density at radius 2 is 1.83 bits per heavy atom. The molecule has 7 nitrogen and oxygen atoms in total. The van der Waals surface area contributed by atoms with E-state index < -0.39 is 15.9 Å². The van der Waals surface area contributed by atoms with Crippen molar-refractivity contribution in [2.45, 2.75) is 24.3 Å². The molecule has 0 saturated carbocycles. The van der Waals surface area contributed by atoms with Gasteiger partial charge in [0.2, 0.25) is 15.9 Å². The van der Waals surface area contributed by atoms with Gasteiger partial charge in [-0.1, -0.05) is 41.9 Å². The lowest BCUT2D eigenvalue weighted by molar-refractivity contribution is -0.120. The number of hydrogen-bond donors (Lipinski definition) is 1. The van der Waals surface area contributed by atoms with Crippen LogP contribution in [0.5, 0.6) is 11.5 Å². The van der Waals surface area contributed by atoms with E-state index in [1.54, 1.807) is 30.3 Å². The molecule has 1 amide bonds. The SMILES string of the molecule is COc1ccc(Cl)cc1S(=O)(=O)N1CCC[C@H](C(=O)Nc2ccc(OCc3ccccc3)cc2)C1. The molecular weight excluding hydrogens is 488 g/mol. The van der Waals surface area contributed by atoms with Crippen molar-refractivity contribution < 1.29 is 22.7 Å². The number of piperidine rings is 1. The molecular formula is C26H27ClN2O5S. The van der Waals surface area contributed by atoms with Crippen LogP contribution in [-0.4, -0.2) is 38.8 Å². The molecule has 1 heterocycles. The van der Waals surface area contributed by atoms with E-state index >= 15 is 0 Å². The van der Waals surface area contributed by atoms with Gasteiger partial charge in [0, 0.05) is 23.8 Å². The highest BCUT2D eigenvalue weighted by atomic mass is 35.5. The lowest BCUT2D eigenvalue weighted by atomic mass is 9.99. The van der Waals surface area contributed by atoms with Crippen LogP contribution in [0.25, 0.3) is 0 Å². The first-order valence-corrected chi connectivity index (χ1v) is 13.1. The van der Waals surface area contributed by atoms with Gasteiger partial charge in [0.1, 0.15) is 23.0 Å². The van der Waals surface area contributed by atoms with Gasteiger partial charge in [0.25, 0.3) is 0 Å². The molecule has 0 bridgehead atoms. The number of nitrogens with zero attached hydrogens (tertiary/aromatic N) is 1. The van der Waals surface area contributed by atoms with Crippen LogP contribution in [0, 0.1) is 5.92 Å². The van der Waals surface area contributed by atoms with Gasteiger partial charge in [-0.3, -0.25) is 4.79 Å². The number of halogens is 1. The molecule has 0 spiro atoms. The fourth-order valence-corrected chi connectivity index (χ4v) is 5.93. The summed E-state index contributed by atoms with van der Waals surface area (Å²) in [6.45, 7) is 0.869. The molecule has 1 atom stereocenters. The van der Waals surface area contributed by atoms with Crippen LogP contribution >= 0.6 is 11.6 Å². The minimum Gasteiger partial charge on any atom is -0.495 e. The molecule has 35 heavy (non-hydrogen) atoms. The molecule has 1 saturated heterocycles. The van der Waals surface area contributed by atoms with Crippen molar-refractivity contribution in [1.29, 1.82) is 0 Å². The number of hydrogen-bond acceptors (Lipinski definition) is 5. The van der Waals surface area contributed by atoms with E-state index in [4.69, 9.17) is 21.1 Å². The number of sulfonamides is 1. The quantitative estimate of drug-likeness (QED) is 0.459. The number of rotatable bonds is 8. The van der Waals surface area contributed by atoms with E-state index in [0.29, 0.717) is 42.5 Å². The average molecular weight is 515 g/mol. The van der Waals surface area contributed by atoms with Crippen LogP contribution in [-0.2, 0) is 21.4 Å². The highest BCUT2D eigenvalue weighted by Crippen LogP contribution is 2.32. The monoisotopic (exact) mass is 514 g/mol. The van der Waals surface area contributed by atoms with Crippen LogP contribution in [0.15, 0.2) is 77.7 Å². The molecule has 3 aromatic carbocycles. The maximum Gasteiger partial charge on any atom is 0.246 e. The van der Waals surface area contributed by atoms with Gasteiger partial charge in [-0.05, 0) is 60.9 Å². The summed E-state index contributed by atoms with van der Waals surface area (Å²) in [6.07, 6.45) is 1.18. The lowest BCUT2D eigenvalue weighted by Crippen LogP contribution is -2.43. The van der Waals surface area contributed by atoms with Crippen LogP contribution in [0.2, 0.25) is 5.02 Å². The predicted molar refractivity (Wildman–Crippen MR) is 135 cm³/mol. The number of carbonyl (C=O) groups excluding carboxylic acids is 1. The molecule has 1 aliphatic rings. The van der Waals surface area contributed by atoms with Crippen molar-refractivity contribution in [1.82, 2.24) is 4.31 Å². The third-order valence-corrected chi connectivity index (χ3v) is 7.99. The first-order chi connectivity index (χ1) is 16.9. The Labute approximate surface area is 210 Å². The van der Waals surface area contributed by atoms with Gasteiger partial charge in [-0.25, -0.2) is 8.42 Å². The summed E-state index contributed by atoms with van der Waals surface area (Å²) >= 11 is 6.04. The minimum absolute atomic E-state index is 0.000324. The van der Waals surface area contributed by atoms with Crippen molar-refractivity contribution in [3.05, 3.63) is 83.4 Å². The number of ether oxygens (including phenoxy) is 2. The van der Waals surface area contributed by atoms with Crippen molar-refractivity contribution in [2.24, 2.45) is 5.92 Å². The molecule has 0 unspecified atom stereocenters. The molecule has 0 aromatic heterocycles. The smallest absolute Gasteiger partial charge is 0.246 e. The number of anilines is 1. The van der Waals surface area contributed by atoms with Gasteiger partial charge in [0.15, 0.2) is 0 Å². The summed E-state index contributed by atoms with van der Waals surface area (Å²) in [7, 11) is -2.46. The number of amides is 1. The summed E-state index contributed by atoms with van der Waals surface area (Å²) in [6, 6.07) is 21.5. The first kappa shape index (κ1) is 25.0. The Bertz CT molecular complexity index is 1270. The second kappa shape index (κ2) is 11.1. The molecule has 4 rings (SSSR count). The van der Waals surface area contributed by atoms with E-state index in [9.17, 15) is 13.2 Å². The molecule has 9 heteroatoms. The van der Waals surface area contributed by atoms with Crippen LogP contribution < -0.4 is 14.8 Å².